The van der Waals surface area contributed by atoms with Crippen molar-refractivity contribution in [2.75, 3.05) is 18.1 Å². The van der Waals surface area contributed by atoms with Crippen molar-refractivity contribution in [3.05, 3.63) is 29.8 Å². The van der Waals surface area contributed by atoms with Crippen molar-refractivity contribution in [3.8, 4) is 0 Å². The molecule has 82 valence electrons. The molecule has 0 spiro atoms. The first-order chi connectivity index (χ1) is 7.13. The molecule has 3 nitrogen and oxygen atoms in total. The third kappa shape index (κ3) is 3.83. The molecule has 1 aromatic rings. The van der Waals surface area contributed by atoms with Crippen LogP contribution in [0.25, 0.3) is 0 Å². The second-order valence-electron chi connectivity index (χ2n) is 3.31. The van der Waals surface area contributed by atoms with E-state index >= 15 is 0 Å². The van der Waals surface area contributed by atoms with E-state index < -0.39 is 5.97 Å². The largest absolute Gasteiger partial charge is 0.478 e. The summed E-state index contributed by atoms with van der Waals surface area (Å²) in [6.07, 6.45) is 2.07. The summed E-state index contributed by atoms with van der Waals surface area (Å²) >= 11 is 1.80. The molecule has 1 aromatic carbocycles. The van der Waals surface area contributed by atoms with Crippen LogP contribution >= 0.6 is 11.8 Å². The lowest BCUT2D eigenvalue weighted by Crippen LogP contribution is -2.12. The van der Waals surface area contributed by atoms with E-state index in [1.807, 2.05) is 0 Å². The van der Waals surface area contributed by atoms with E-state index in [1.165, 1.54) is 0 Å². The minimum Gasteiger partial charge on any atom is -0.478 e. The van der Waals surface area contributed by atoms with E-state index in [0.717, 1.165) is 12.2 Å². The van der Waals surface area contributed by atoms with Crippen LogP contribution in [0, 0.1) is 0 Å². The van der Waals surface area contributed by atoms with Crippen molar-refractivity contribution < 1.29 is 9.90 Å². The van der Waals surface area contributed by atoms with E-state index in [1.54, 1.807) is 36.0 Å². The van der Waals surface area contributed by atoms with Gasteiger partial charge in [-0.25, -0.2) is 4.79 Å². The van der Waals surface area contributed by atoms with Crippen LogP contribution < -0.4 is 5.32 Å². The van der Waals surface area contributed by atoms with Crippen LogP contribution in [0.2, 0.25) is 0 Å². The molecule has 0 fully saturated rings. The normalized spacial score (nSPS) is 12.1. The van der Waals surface area contributed by atoms with Crippen molar-refractivity contribution in [3.63, 3.8) is 0 Å². The first-order valence-corrected chi connectivity index (χ1v) is 6.02. The van der Waals surface area contributed by atoms with E-state index in [4.69, 9.17) is 5.11 Å². The van der Waals surface area contributed by atoms with Gasteiger partial charge in [-0.2, -0.15) is 11.8 Å². The Bertz CT molecular complexity index is 324. The van der Waals surface area contributed by atoms with Gasteiger partial charge in [0.25, 0.3) is 0 Å². The highest BCUT2D eigenvalue weighted by molar-refractivity contribution is 7.99. The zero-order valence-electron chi connectivity index (χ0n) is 8.86. The Morgan fingerprint density at radius 1 is 1.47 bits per heavy atom. The van der Waals surface area contributed by atoms with Gasteiger partial charge in [0.1, 0.15) is 0 Å². The van der Waals surface area contributed by atoms with Crippen LogP contribution in [-0.2, 0) is 0 Å². The third-order valence-corrected chi connectivity index (χ3v) is 3.10. The van der Waals surface area contributed by atoms with Gasteiger partial charge in [-0.3, -0.25) is 0 Å². The lowest BCUT2D eigenvalue weighted by Gasteiger charge is -2.10. The molecule has 1 atom stereocenters. The van der Waals surface area contributed by atoms with Gasteiger partial charge in [-0.15, -0.1) is 0 Å². The Hall–Kier alpha value is -1.16. The van der Waals surface area contributed by atoms with Crippen LogP contribution in [0.1, 0.15) is 17.3 Å². The average Bonchev–Trinajstić information content (AvgIpc) is 2.26. The number of carboxylic acids is 1. The number of thioether (sulfide) groups is 1. The second-order valence-corrected chi connectivity index (χ2v) is 4.59. The van der Waals surface area contributed by atoms with Crippen LogP contribution in [-0.4, -0.2) is 29.1 Å². The summed E-state index contributed by atoms with van der Waals surface area (Å²) in [6.45, 7) is 3.02. The predicted octanol–water partition coefficient (Wildman–Crippen LogP) is 2.55. The van der Waals surface area contributed by atoms with Crippen LogP contribution in [0.5, 0.6) is 0 Å². The highest BCUT2D eigenvalue weighted by Gasteiger charge is 2.02. The standard InChI is InChI=1S/C11H15NO2S/c1-8(15-2)7-12-10-5-3-9(4-6-10)11(13)14/h3-6,8,12H,7H2,1-2H3,(H,13,14). The molecular formula is C11H15NO2S. The fraction of sp³-hybridized carbons (Fsp3) is 0.364. The minimum absolute atomic E-state index is 0.318. The van der Waals surface area contributed by atoms with Crippen LogP contribution in [0.15, 0.2) is 24.3 Å². The average molecular weight is 225 g/mol. The van der Waals surface area contributed by atoms with Gasteiger partial charge >= 0.3 is 5.97 Å². The molecule has 1 rings (SSSR count). The van der Waals surface area contributed by atoms with E-state index in [0.29, 0.717) is 10.8 Å². The van der Waals surface area contributed by atoms with Crippen LogP contribution in [0.4, 0.5) is 5.69 Å². The van der Waals surface area contributed by atoms with Gasteiger partial charge in [0.05, 0.1) is 5.56 Å². The number of aromatic carboxylic acids is 1. The minimum atomic E-state index is -0.890. The molecule has 0 bridgehead atoms. The molecule has 2 N–H and O–H groups in total. The number of nitrogens with one attached hydrogen (secondary N) is 1. The predicted molar refractivity (Wildman–Crippen MR) is 64.9 cm³/mol. The molecule has 0 saturated heterocycles. The monoisotopic (exact) mass is 225 g/mol. The first-order valence-electron chi connectivity index (χ1n) is 4.73. The molecule has 0 amide bonds. The molecule has 0 radical (unpaired) electrons. The smallest absolute Gasteiger partial charge is 0.335 e. The summed E-state index contributed by atoms with van der Waals surface area (Å²) in [5.41, 5.74) is 1.28. The lowest BCUT2D eigenvalue weighted by atomic mass is 10.2. The summed E-state index contributed by atoms with van der Waals surface area (Å²) < 4.78 is 0. The molecule has 0 saturated carbocycles. The zero-order valence-corrected chi connectivity index (χ0v) is 9.67. The van der Waals surface area contributed by atoms with Gasteiger partial charge in [0, 0.05) is 17.5 Å². The Morgan fingerprint density at radius 2 is 2.07 bits per heavy atom. The van der Waals surface area contributed by atoms with Crippen molar-refractivity contribution >= 4 is 23.4 Å². The van der Waals surface area contributed by atoms with Gasteiger partial charge in [-0.1, -0.05) is 6.92 Å². The van der Waals surface area contributed by atoms with E-state index in [-0.39, 0.29) is 0 Å². The van der Waals surface area contributed by atoms with Gasteiger partial charge in [-0.05, 0) is 30.5 Å². The molecule has 4 heteroatoms. The number of carbonyl (C=O) groups is 1. The third-order valence-electron chi connectivity index (χ3n) is 2.13. The molecule has 0 aliphatic rings. The summed E-state index contributed by atoms with van der Waals surface area (Å²) in [5.74, 6) is -0.890. The molecule has 1 unspecified atom stereocenters. The molecule has 15 heavy (non-hydrogen) atoms. The highest BCUT2D eigenvalue weighted by atomic mass is 32.2. The van der Waals surface area contributed by atoms with Gasteiger partial charge in [0.2, 0.25) is 0 Å². The topological polar surface area (TPSA) is 49.3 Å². The highest BCUT2D eigenvalue weighted by Crippen LogP contribution is 2.11. The summed E-state index contributed by atoms with van der Waals surface area (Å²) in [6, 6.07) is 6.79. The van der Waals surface area contributed by atoms with Crippen molar-refractivity contribution in [2.45, 2.75) is 12.2 Å². The number of benzene rings is 1. The number of anilines is 1. The van der Waals surface area contributed by atoms with Crippen LogP contribution in [0.3, 0.4) is 0 Å². The maximum Gasteiger partial charge on any atom is 0.335 e. The second kappa shape index (κ2) is 5.66. The summed E-state index contributed by atoms with van der Waals surface area (Å²) in [5, 5.41) is 12.5. The first kappa shape index (κ1) is 11.9. The number of hydrogen-bond donors (Lipinski definition) is 2. The fourth-order valence-corrected chi connectivity index (χ4v) is 1.33. The summed E-state index contributed by atoms with van der Waals surface area (Å²) in [7, 11) is 0. The SMILES string of the molecule is CSC(C)CNc1ccc(C(=O)O)cc1. The van der Waals surface area contributed by atoms with Gasteiger partial charge < -0.3 is 10.4 Å². The number of rotatable bonds is 5. The van der Waals surface area contributed by atoms with E-state index in [9.17, 15) is 4.79 Å². The fourth-order valence-electron chi connectivity index (χ4n) is 1.08. The van der Waals surface area contributed by atoms with Crippen molar-refractivity contribution in [1.82, 2.24) is 0 Å². The Labute approximate surface area is 93.9 Å². The Balaban J connectivity index is 2.53. The number of hydrogen-bond acceptors (Lipinski definition) is 3. The quantitative estimate of drug-likeness (QED) is 0.808. The maximum atomic E-state index is 10.6. The zero-order chi connectivity index (χ0) is 11.3. The number of carboxylic acid groups (broad SMARTS) is 1. The van der Waals surface area contributed by atoms with E-state index in [2.05, 4.69) is 18.5 Å². The molecular weight excluding hydrogens is 210 g/mol. The maximum absolute atomic E-state index is 10.6. The lowest BCUT2D eigenvalue weighted by molar-refractivity contribution is 0.0697. The molecule has 0 aliphatic carbocycles. The van der Waals surface area contributed by atoms with Crippen molar-refractivity contribution in [1.29, 1.82) is 0 Å². The Kier molecular flexibility index (Phi) is 4.49. The Morgan fingerprint density at radius 3 is 2.53 bits per heavy atom. The summed E-state index contributed by atoms with van der Waals surface area (Å²) in [4.78, 5) is 10.6. The molecule has 0 heterocycles. The van der Waals surface area contributed by atoms with Gasteiger partial charge in [0.15, 0.2) is 0 Å². The molecule has 0 aromatic heterocycles. The van der Waals surface area contributed by atoms with Crippen molar-refractivity contribution in [2.24, 2.45) is 0 Å². The molecule has 0 aliphatic heterocycles.